The largest absolute Gasteiger partial charge is 0.478 e. The van der Waals surface area contributed by atoms with Crippen molar-refractivity contribution in [1.29, 1.82) is 0 Å². The van der Waals surface area contributed by atoms with E-state index in [2.05, 4.69) is 9.97 Å². The Morgan fingerprint density at radius 3 is 2.90 bits per heavy atom. The fourth-order valence-corrected chi connectivity index (χ4v) is 2.49. The van der Waals surface area contributed by atoms with Crippen LogP contribution in [-0.4, -0.2) is 21.0 Å². The summed E-state index contributed by atoms with van der Waals surface area (Å²) < 4.78 is 0. The molecule has 0 amide bonds. The first-order chi connectivity index (χ1) is 9.58. The number of halogens is 1. The minimum absolute atomic E-state index is 0.216. The van der Waals surface area contributed by atoms with Gasteiger partial charge in [0.15, 0.2) is 0 Å². The maximum Gasteiger partial charge on any atom is 0.336 e. The molecule has 0 aliphatic rings. The quantitative estimate of drug-likeness (QED) is 0.751. The Kier molecular flexibility index (Phi) is 2.95. The Hall–Kier alpha value is -2.33. The third-order valence-corrected chi connectivity index (χ3v) is 3.74. The van der Waals surface area contributed by atoms with E-state index in [4.69, 9.17) is 11.6 Å². The van der Waals surface area contributed by atoms with Crippen molar-refractivity contribution in [2.24, 2.45) is 0 Å². The van der Waals surface area contributed by atoms with E-state index < -0.39 is 5.97 Å². The van der Waals surface area contributed by atoms with Crippen LogP contribution in [0.1, 0.15) is 15.9 Å². The number of rotatable bonds is 2. The van der Waals surface area contributed by atoms with Gasteiger partial charge in [-0.2, -0.15) is 0 Å². The highest BCUT2D eigenvalue weighted by atomic mass is 35.5. The lowest BCUT2D eigenvalue weighted by Crippen LogP contribution is -2.00. The predicted molar refractivity (Wildman–Crippen MR) is 78.2 cm³/mol. The standard InChI is InChI=1S/C15H11ClN2O2/c1-8-12(15(19)20)6-9(7-13(8)16)10-2-4-17-14-11(10)3-5-18-14/h2-7H,1H3,(H,17,18)(H,19,20). The number of carbonyl (C=O) groups is 1. The van der Waals surface area contributed by atoms with Crippen molar-refractivity contribution in [3.8, 4) is 11.1 Å². The second kappa shape index (κ2) is 4.65. The monoisotopic (exact) mass is 286 g/mol. The average Bonchev–Trinajstić information content (AvgIpc) is 2.89. The zero-order chi connectivity index (χ0) is 14.3. The topological polar surface area (TPSA) is 66.0 Å². The summed E-state index contributed by atoms with van der Waals surface area (Å²) in [6.07, 6.45) is 3.48. The first kappa shape index (κ1) is 12.7. The van der Waals surface area contributed by atoms with Gasteiger partial charge in [0.05, 0.1) is 5.56 Å². The van der Waals surface area contributed by atoms with E-state index in [0.29, 0.717) is 10.6 Å². The molecule has 0 bridgehead atoms. The van der Waals surface area contributed by atoms with Gasteiger partial charge in [-0.15, -0.1) is 0 Å². The smallest absolute Gasteiger partial charge is 0.336 e. The van der Waals surface area contributed by atoms with Crippen molar-refractivity contribution in [1.82, 2.24) is 9.97 Å². The van der Waals surface area contributed by atoms with Gasteiger partial charge in [-0.05, 0) is 47.9 Å². The van der Waals surface area contributed by atoms with Gasteiger partial charge >= 0.3 is 5.97 Å². The number of benzene rings is 1. The van der Waals surface area contributed by atoms with E-state index in [1.165, 1.54) is 0 Å². The molecule has 3 rings (SSSR count). The van der Waals surface area contributed by atoms with E-state index in [9.17, 15) is 9.90 Å². The molecular weight excluding hydrogens is 276 g/mol. The van der Waals surface area contributed by atoms with Gasteiger partial charge in [-0.25, -0.2) is 9.78 Å². The van der Waals surface area contributed by atoms with Crippen LogP contribution in [0.25, 0.3) is 22.2 Å². The zero-order valence-corrected chi connectivity index (χ0v) is 11.4. The van der Waals surface area contributed by atoms with Crippen LogP contribution < -0.4 is 0 Å². The summed E-state index contributed by atoms with van der Waals surface area (Å²) in [4.78, 5) is 18.5. The van der Waals surface area contributed by atoms with Crippen molar-refractivity contribution in [2.75, 3.05) is 0 Å². The molecule has 0 unspecified atom stereocenters. The lowest BCUT2D eigenvalue weighted by molar-refractivity contribution is 0.0696. The number of pyridine rings is 1. The van der Waals surface area contributed by atoms with E-state index in [0.717, 1.165) is 22.2 Å². The maximum absolute atomic E-state index is 11.3. The van der Waals surface area contributed by atoms with Gasteiger partial charge in [0, 0.05) is 22.8 Å². The van der Waals surface area contributed by atoms with Crippen molar-refractivity contribution in [3.63, 3.8) is 0 Å². The van der Waals surface area contributed by atoms with Gasteiger partial charge in [0.2, 0.25) is 0 Å². The first-order valence-electron chi connectivity index (χ1n) is 6.04. The van der Waals surface area contributed by atoms with Gasteiger partial charge in [-0.1, -0.05) is 11.6 Å². The summed E-state index contributed by atoms with van der Waals surface area (Å²) in [5, 5.41) is 10.6. The molecule has 100 valence electrons. The summed E-state index contributed by atoms with van der Waals surface area (Å²) in [7, 11) is 0. The number of aromatic amines is 1. The third kappa shape index (κ3) is 1.94. The van der Waals surface area contributed by atoms with Crippen LogP contribution in [0.5, 0.6) is 0 Å². The number of nitrogens with one attached hydrogen (secondary N) is 1. The minimum Gasteiger partial charge on any atom is -0.478 e. The number of hydrogen-bond donors (Lipinski definition) is 2. The molecule has 0 aliphatic heterocycles. The molecule has 0 aliphatic carbocycles. The Labute approximate surface area is 120 Å². The molecule has 3 aromatic rings. The Balaban J connectivity index is 2.30. The zero-order valence-electron chi connectivity index (χ0n) is 10.6. The highest BCUT2D eigenvalue weighted by Crippen LogP contribution is 2.32. The number of aromatic nitrogens is 2. The van der Waals surface area contributed by atoms with Gasteiger partial charge in [0.1, 0.15) is 5.65 Å². The molecule has 0 saturated heterocycles. The normalized spacial score (nSPS) is 10.9. The molecule has 1 aromatic carbocycles. The lowest BCUT2D eigenvalue weighted by atomic mass is 9.98. The fourth-order valence-electron chi connectivity index (χ4n) is 2.27. The molecule has 20 heavy (non-hydrogen) atoms. The molecule has 0 saturated carbocycles. The summed E-state index contributed by atoms with van der Waals surface area (Å²) in [5.41, 5.74) is 3.22. The van der Waals surface area contributed by atoms with Crippen LogP contribution in [-0.2, 0) is 0 Å². The molecule has 0 radical (unpaired) electrons. The number of nitrogens with zero attached hydrogens (tertiary/aromatic N) is 1. The highest BCUT2D eigenvalue weighted by molar-refractivity contribution is 6.32. The molecule has 0 spiro atoms. The molecule has 4 nitrogen and oxygen atoms in total. The van der Waals surface area contributed by atoms with Crippen LogP contribution in [0.2, 0.25) is 5.02 Å². The van der Waals surface area contributed by atoms with Crippen molar-refractivity contribution < 1.29 is 9.90 Å². The number of carboxylic acids is 1. The fraction of sp³-hybridized carbons (Fsp3) is 0.0667. The van der Waals surface area contributed by atoms with E-state index >= 15 is 0 Å². The third-order valence-electron chi connectivity index (χ3n) is 3.35. The molecule has 2 N–H and O–H groups in total. The average molecular weight is 287 g/mol. The van der Waals surface area contributed by atoms with Crippen molar-refractivity contribution in [3.05, 3.63) is 52.8 Å². The number of aromatic carboxylic acids is 1. The van der Waals surface area contributed by atoms with Gasteiger partial charge in [0.25, 0.3) is 0 Å². The van der Waals surface area contributed by atoms with Gasteiger partial charge < -0.3 is 10.1 Å². The van der Waals surface area contributed by atoms with Crippen LogP contribution in [0.3, 0.4) is 0 Å². The van der Waals surface area contributed by atoms with Crippen molar-refractivity contribution in [2.45, 2.75) is 6.92 Å². The molecule has 5 heteroatoms. The van der Waals surface area contributed by atoms with Crippen LogP contribution in [0.4, 0.5) is 0 Å². The van der Waals surface area contributed by atoms with Crippen LogP contribution in [0.15, 0.2) is 36.7 Å². The van der Waals surface area contributed by atoms with Gasteiger partial charge in [-0.3, -0.25) is 0 Å². The SMILES string of the molecule is Cc1c(Cl)cc(-c2ccnc3[nH]ccc23)cc1C(=O)O. The molecule has 0 fully saturated rings. The highest BCUT2D eigenvalue weighted by Gasteiger charge is 2.14. The number of hydrogen-bond acceptors (Lipinski definition) is 2. The number of H-pyrrole nitrogens is 1. The number of fused-ring (bicyclic) bond motifs is 1. The minimum atomic E-state index is -0.981. The first-order valence-corrected chi connectivity index (χ1v) is 6.41. The Morgan fingerprint density at radius 1 is 1.35 bits per heavy atom. The summed E-state index contributed by atoms with van der Waals surface area (Å²) >= 11 is 6.15. The summed E-state index contributed by atoms with van der Waals surface area (Å²) in [6, 6.07) is 7.19. The lowest BCUT2D eigenvalue weighted by Gasteiger charge is -2.09. The molecule has 2 aromatic heterocycles. The number of carboxylic acid groups (broad SMARTS) is 1. The van der Waals surface area contributed by atoms with Crippen molar-refractivity contribution >= 4 is 28.6 Å². The van der Waals surface area contributed by atoms with E-state index in [1.807, 2.05) is 12.1 Å². The Morgan fingerprint density at radius 2 is 2.15 bits per heavy atom. The van der Waals surface area contributed by atoms with Crippen LogP contribution in [0, 0.1) is 6.92 Å². The van der Waals surface area contributed by atoms with E-state index in [1.54, 1.807) is 31.5 Å². The predicted octanol–water partition coefficient (Wildman–Crippen LogP) is 3.89. The summed E-state index contributed by atoms with van der Waals surface area (Å²) in [6.45, 7) is 1.70. The Bertz CT molecular complexity index is 824. The molecule has 0 atom stereocenters. The molecular formula is C15H11ClN2O2. The summed E-state index contributed by atoms with van der Waals surface area (Å²) in [5.74, 6) is -0.981. The van der Waals surface area contributed by atoms with E-state index in [-0.39, 0.29) is 5.56 Å². The molecule has 2 heterocycles. The van der Waals surface area contributed by atoms with Crippen LogP contribution >= 0.6 is 11.6 Å². The maximum atomic E-state index is 11.3. The second-order valence-corrected chi connectivity index (χ2v) is 4.94. The second-order valence-electron chi connectivity index (χ2n) is 4.53.